The highest BCUT2D eigenvalue weighted by Gasteiger charge is 2.31. The lowest BCUT2D eigenvalue weighted by Gasteiger charge is -2.32. The van der Waals surface area contributed by atoms with Crippen molar-refractivity contribution in [3.8, 4) is 0 Å². The van der Waals surface area contributed by atoms with Crippen LogP contribution in [0.4, 0.5) is 0 Å². The first-order valence-electron chi connectivity index (χ1n) is 10.1. The molecule has 2 unspecified atom stereocenters. The minimum Gasteiger partial charge on any atom is -0.311 e. The van der Waals surface area contributed by atoms with Gasteiger partial charge in [0.15, 0.2) is 0 Å². The lowest BCUT2D eigenvalue weighted by Crippen LogP contribution is -2.41. The highest BCUT2D eigenvalue weighted by atomic mass is 32.2. The van der Waals surface area contributed by atoms with E-state index in [1.165, 1.54) is 44.9 Å². The van der Waals surface area contributed by atoms with E-state index < -0.39 is 15.4 Å². The van der Waals surface area contributed by atoms with Crippen LogP contribution in [0.2, 0.25) is 0 Å². The highest BCUT2D eigenvalue weighted by molar-refractivity contribution is 7.86. The molecule has 0 radical (unpaired) electrons. The average molecular weight is 372 g/mol. The van der Waals surface area contributed by atoms with Gasteiger partial charge < -0.3 is 5.32 Å². The van der Waals surface area contributed by atoms with E-state index in [9.17, 15) is 13.0 Å². The van der Waals surface area contributed by atoms with Crippen LogP contribution in [0.3, 0.4) is 0 Å². The van der Waals surface area contributed by atoms with Gasteiger partial charge in [-0.05, 0) is 64.2 Å². The Bertz CT molecular complexity index is 538. The normalized spacial score (nSPS) is 35.9. The Kier molecular flexibility index (Phi) is 6.86. The SMILES string of the molecule is O=S(=O)(O)C1CCCC(N=NC2CCC(NC3CCCCC3)CC2)C1. The maximum absolute atomic E-state index is 11.3. The Labute approximate surface area is 152 Å². The van der Waals surface area contributed by atoms with Crippen LogP contribution in [0, 0.1) is 0 Å². The first-order valence-corrected chi connectivity index (χ1v) is 11.6. The Morgan fingerprint density at radius 2 is 1.36 bits per heavy atom. The van der Waals surface area contributed by atoms with Gasteiger partial charge in [-0.15, -0.1) is 0 Å². The van der Waals surface area contributed by atoms with Crippen LogP contribution in [0.1, 0.15) is 83.5 Å². The predicted molar refractivity (Wildman–Crippen MR) is 98.5 cm³/mol. The van der Waals surface area contributed by atoms with E-state index in [1.807, 2.05) is 0 Å². The number of azo groups is 1. The summed E-state index contributed by atoms with van der Waals surface area (Å²) in [5.41, 5.74) is 0. The molecule has 3 aliphatic carbocycles. The molecule has 0 aromatic carbocycles. The van der Waals surface area contributed by atoms with Gasteiger partial charge in [-0.25, -0.2) is 0 Å². The van der Waals surface area contributed by atoms with Gasteiger partial charge in [-0.2, -0.15) is 18.6 Å². The van der Waals surface area contributed by atoms with Gasteiger partial charge >= 0.3 is 0 Å². The molecule has 0 heterocycles. The number of nitrogens with zero attached hydrogens (tertiary/aromatic N) is 2. The molecule has 0 amide bonds. The standard InChI is InChI=1S/C18H33N3O3S/c22-25(23,24)18-8-4-7-17(13-18)21-20-16-11-9-15(10-12-16)19-14-5-2-1-3-6-14/h14-19H,1-13H2,(H,22,23,24). The first kappa shape index (κ1) is 19.2. The summed E-state index contributed by atoms with van der Waals surface area (Å²) in [6.45, 7) is 0. The first-order chi connectivity index (χ1) is 12.0. The zero-order chi connectivity index (χ0) is 17.7. The van der Waals surface area contributed by atoms with Crippen molar-refractivity contribution in [3.05, 3.63) is 0 Å². The second-order valence-corrected chi connectivity index (χ2v) is 9.89. The van der Waals surface area contributed by atoms with Gasteiger partial charge in [0.2, 0.25) is 0 Å². The molecule has 6 nitrogen and oxygen atoms in total. The van der Waals surface area contributed by atoms with E-state index in [0.29, 0.717) is 18.9 Å². The molecular formula is C18H33N3O3S. The third-order valence-electron chi connectivity index (χ3n) is 6.19. The van der Waals surface area contributed by atoms with Crippen LogP contribution >= 0.6 is 0 Å². The molecule has 0 bridgehead atoms. The molecule has 2 N–H and O–H groups in total. The molecule has 2 atom stereocenters. The van der Waals surface area contributed by atoms with Crippen LogP contribution in [0.15, 0.2) is 10.2 Å². The summed E-state index contributed by atoms with van der Waals surface area (Å²) in [5.74, 6) is 0. The fraction of sp³-hybridized carbons (Fsp3) is 1.00. The zero-order valence-electron chi connectivity index (χ0n) is 15.1. The summed E-state index contributed by atoms with van der Waals surface area (Å²) in [5, 5.41) is 12.2. The lowest BCUT2D eigenvalue weighted by atomic mass is 9.89. The van der Waals surface area contributed by atoms with Crippen molar-refractivity contribution in [1.82, 2.24) is 5.32 Å². The smallest absolute Gasteiger partial charge is 0.267 e. The number of nitrogens with one attached hydrogen (secondary N) is 1. The predicted octanol–water partition coefficient (Wildman–Crippen LogP) is 3.87. The van der Waals surface area contributed by atoms with Crippen molar-refractivity contribution in [2.45, 2.75) is 113 Å². The van der Waals surface area contributed by atoms with Crippen molar-refractivity contribution >= 4 is 10.1 Å². The monoisotopic (exact) mass is 371 g/mol. The molecule has 3 aliphatic rings. The highest BCUT2D eigenvalue weighted by Crippen LogP contribution is 2.28. The molecule has 7 heteroatoms. The molecule has 0 aliphatic heterocycles. The quantitative estimate of drug-likeness (QED) is 0.567. The number of hydrogen-bond donors (Lipinski definition) is 2. The summed E-state index contributed by atoms with van der Waals surface area (Å²) in [6, 6.07) is 1.60. The van der Waals surface area contributed by atoms with Crippen LogP contribution < -0.4 is 5.32 Å². The maximum atomic E-state index is 11.3. The fourth-order valence-electron chi connectivity index (χ4n) is 4.64. The number of rotatable bonds is 5. The van der Waals surface area contributed by atoms with E-state index in [0.717, 1.165) is 31.7 Å². The molecule has 25 heavy (non-hydrogen) atoms. The van der Waals surface area contributed by atoms with Crippen molar-refractivity contribution in [2.75, 3.05) is 0 Å². The third-order valence-corrected chi connectivity index (χ3v) is 7.46. The molecule has 3 rings (SSSR count). The Morgan fingerprint density at radius 1 is 0.720 bits per heavy atom. The van der Waals surface area contributed by atoms with E-state index in [-0.39, 0.29) is 12.1 Å². The van der Waals surface area contributed by atoms with Crippen molar-refractivity contribution in [2.24, 2.45) is 10.2 Å². The molecule has 3 saturated carbocycles. The summed E-state index contributed by atoms with van der Waals surface area (Å²) in [4.78, 5) is 0. The van der Waals surface area contributed by atoms with E-state index >= 15 is 0 Å². The van der Waals surface area contributed by atoms with Gasteiger partial charge in [0, 0.05) is 12.1 Å². The molecule has 0 saturated heterocycles. The van der Waals surface area contributed by atoms with Gasteiger partial charge in [0.1, 0.15) is 0 Å². The molecule has 144 valence electrons. The van der Waals surface area contributed by atoms with Crippen molar-refractivity contribution < 1.29 is 13.0 Å². The Morgan fingerprint density at radius 3 is 2.04 bits per heavy atom. The summed E-state index contributed by atoms with van der Waals surface area (Å²) < 4.78 is 31.9. The summed E-state index contributed by atoms with van der Waals surface area (Å²) in [7, 11) is -3.93. The van der Waals surface area contributed by atoms with Crippen LogP contribution in [0.25, 0.3) is 0 Å². The average Bonchev–Trinajstić information content (AvgIpc) is 2.62. The Balaban J connectivity index is 1.40. The van der Waals surface area contributed by atoms with E-state index in [2.05, 4.69) is 15.5 Å². The minimum atomic E-state index is -3.93. The largest absolute Gasteiger partial charge is 0.311 e. The van der Waals surface area contributed by atoms with Gasteiger partial charge in [0.05, 0.1) is 17.3 Å². The van der Waals surface area contributed by atoms with Crippen molar-refractivity contribution in [3.63, 3.8) is 0 Å². The lowest BCUT2D eigenvalue weighted by molar-refractivity contribution is 0.274. The topological polar surface area (TPSA) is 91.1 Å². The van der Waals surface area contributed by atoms with Gasteiger partial charge in [0.25, 0.3) is 10.1 Å². The molecule has 0 aromatic heterocycles. The van der Waals surface area contributed by atoms with Crippen LogP contribution in [-0.2, 0) is 10.1 Å². The van der Waals surface area contributed by atoms with Crippen molar-refractivity contribution in [1.29, 1.82) is 0 Å². The molecule has 0 aromatic rings. The van der Waals surface area contributed by atoms with Gasteiger partial charge in [-0.1, -0.05) is 19.3 Å². The Hall–Kier alpha value is -0.530. The molecule has 0 spiro atoms. The third kappa shape index (κ3) is 6.00. The zero-order valence-corrected chi connectivity index (χ0v) is 16.0. The minimum absolute atomic E-state index is 0.0428. The second-order valence-electron chi connectivity index (χ2n) is 8.20. The van der Waals surface area contributed by atoms with E-state index in [1.54, 1.807) is 0 Å². The van der Waals surface area contributed by atoms with E-state index in [4.69, 9.17) is 0 Å². The second kappa shape index (κ2) is 8.91. The fourth-order valence-corrected chi connectivity index (χ4v) is 5.57. The maximum Gasteiger partial charge on any atom is 0.267 e. The molecular weight excluding hydrogens is 338 g/mol. The van der Waals surface area contributed by atoms with Crippen LogP contribution in [-0.4, -0.2) is 42.4 Å². The summed E-state index contributed by atoms with van der Waals surface area (Å²) in [6.07, 6.45) is 13.9. The summed E-state index contributed by atoms with van der Waals surface area (Å²) >= 11 is 0. The van der Waals surface area contributed by atoms with Crippen LogP contribution in [0.5, 0.6) is 0 Å². The molecule has 3 fully saturated rings. The van der Waals surface area contributed by atoms with Gasteiger partial charge in [-0.3, -0.25) is 4.55 Å². The number of hydrogen-bond acceptors (Lipinski definition) is 5.